The van der Waals surface area contributed by atoms with Gasteiger partial charge in [0, 0.05) is 0 Å². The van der Waals surface area contributed by atoms with E-state index in [1.807, 2.05) is 13.8 Å². The molecule has 0 saturated heterocycles. The van der Waals surface area contributed by atoms with Crippen LogP contribution < -0.4 is 5.32 Å². The molecule has 0 aliphatic rings. The van der Waals surface area contributed by atoms with E-state index in [2.05, 4.69) is 5.32 Å². The van der Waals surface area contributed by atoms with Crippen molar-refractivity contribution in [3.8, 4) is 0 Å². The van der Waals surface area contributed by atoms with E-state index in [4.69, 9.17) is 0 Å². The van der Waals surface area contributed by atoms with Gasteiger partial charge in [-0.15, -0.1) is 0 Å². The second-order valence-electron chi connectivity index (χ2n) is 5.23. The van der Waals surface area contributed by atoms with Crippen molar-refractivity contribution in [3.05, 3.63) is 0 Å². The van der Waals surface area contributed by atoms with Crippen molar-refractivity contribution in [1.82, 2.24) is 5.32 Å². The van der Waals surface area contributed by atoms with Crippen molar-refractivity contribution in [3.63, 3.8) is 0 Å². The molecule has 0 rings (SSSR count). The quantitative estimate of drug-likeness (QED) is 0.225. The molecule has 0 heterocycles. The molecular weight excluding hydrogens is 289 g/mol. The molecule has 2 unspecified atom stereocenters. The first kappa shape index (κ1) is 19.6. The van der Waals surface area contributed by atoms with Crippen molar-refractivity contribution in [2.75, 3.05) is 13.2 Å². The van der Waals surface area contributed by atoms with Gasteiger partial charge in [0.1, 0.15) is 0 Å². The summed E-state index contributed by atoms with van der Waals surface area (Å²) in [5, 5.41) is 40.2. The summed E-state index contributed by atoms with van der Waals surface area (Å²) >= 11 is 0. The first-order valence-corrected chi connectivity index (χ1v) is 7.78. The van der Waals surface area contributed by atoms with Crippen molar-refractivity contribution >= 4 is 16.1 Å². The summed E-state index contributed by atoms with van der Waals surface area (Å²) in [7, 11) is -4.34. The molecule has 0 radical (unpaired) electrons. The molecule has 10 heteroatoms. The maximum absolute atomic E-state index is 11.1. The van der Waals surface area contributed by atoms with Gasteiger partial charge in [-0.05, 0) is 0 Å². The number of rotatable bonds is 10. The molecule has 0 aliphatic heterocycles. The minimum absolute atomic E-state index is 0.0950. The Kier molecular flexibility index (Phi) is 8.00. The zero-order valence-corrected chi connectivity index (χ0v) is 12.4. The average molecular weight is 311 g/mol. The van der Waals surface area contributed by atoms with Gasteiger partial charge in [-0.1, -0.05) is 0 Å². The zero-order valence-electron chi connectivity index (χ0n) is 11.6. The first-order valence-electron chi connectivity index (χ1n) is 6.17. The number of aliphatic hydroxyl groups is 4. The van der Waals surface area contributed by atoms with Crippen LogP contribution in [0.4, 0.5) is 0 Å². The Bertz CT molecular complexity index is 396. The number of hydrogen-bond donors (Lipinski definition) is 5. The van der Waals surface area contributed by atoms with Gasteiger partial charge in [0.15, 0.2) is 0 Å². The third-order valence-corrected chi connectivity index (χ3v) is 4.03. The Morgan fingerprint density at radius 2 is 1.70 bits per heavy atom. The molecule has 2 atom stereocenters. The fourth-order valence-corrected chi connectivity index (χ4v) is 2.49. The molecule has 0 spiro atoms. The van der Waals surface area contributed by atoms with E-state index >= 15 is 0 Å². The van der Waals surface area contributed by atoms with Crippen LogP contribution in [0.3, 0.4) is 0 Å². The van der Waals surface area contributed by atoms with Crippen LogP contribution in [0.25, 0.3) is 0 Å². The van der Waals surface area contributed by atoms with E-state index in [1.165, 1.54) is 0 Å². The first-order chi connectivity index (χ1) is 9.12. The monoisotopic (exact) mass is 311 g/mol. The van der Waals surface area contributed by atoms with E-state index in [0.29, 0.717) is 6.42 Å². The topological polar surface area (TPSA) is 144 Å². The average Bonchev–Trinajstić information content (AvgIpc) is 2.36. The molecule has 0 aliphatic carbocycles. The van der Waals surface area contributed by atoms with E-state index in [9.17, 15) is 33.5 Å². The predicted molar refractivity (Wildman–Crippen MR) is 71.5 cm³/mol. The summed E-state index contributed by atoms with van der Waals surface area (Å²) in [5.41, 5.74) is -3.24. The summed E-state index contributed by atoms with van der Waals surface area (Å²) in [4.78, 5) is 0. The SMILES string of the molecule is CC(C)CC(CO)(CO)NC(O)CC(O)S(=O)(=O)B=O. The van der Waals surface area contributed by atoms with Crippen LogP contribution in [-0.2, 0) is 14.4 Å². The molecule has 0 aromatic rings. The van der Waals surface area contributed by atoms with Crippen molar-refractivity contribution in [1.29, 1.82) is 0 Å². The molecule has 0 aromatic carbocycles. The van der Waals surface area contributed by atoms with Crippen LogP contribution in [0.5, 0.6) is 0 Å². The standard InChI is InChI=1S/C10H22BNO7S/c1-7(2)4-10(5-13,6-14)12-8(15)3-9(16)20(18,19)11-17/h7-9,12-16H,3-6H2,1-2H3. The normalized spacial score (nSPS) is 15.9. The minimum atomic E-state index is -4.34. The Labute approximate surface area is 118 Å². The van der Waals surface area contributed by atoms with Gasteiger partial charge in [0.25, 0.3) is 0 Å². The van der Waals surface area contributed by atoms with E-state index in [-0.39, 0.29) is 12.3 Å². The second-order valence-corrected chi connectivity index (χ2v) is 7.14. The van der Waals surface area contributed by atoms with Crippen molar-refractivity contribution in [2.45, 2.75) is 43.9 Å². The summed E-state index contributed by atoms with van der Waals surface area (Å²) in [5.74, 6) is 0.0950. The molecule has 5 N–H and O–H groups in total. The molecule has 0 amide bonds. The number of hydrogen-bond acceptors (Lipinski definition) is 8. The van der Waals surface area contributed by atoms with Gasteiger partial charge in [0.2, 0.25) is 0 Å². The molecule has 0 saturated carbocycles. The Morgan fingerprint density at radius 1 is 1.20 bits per heavy atom. The van der Waals surface area contributed by atoms with Crippen molar-refractivity contribution < 1.29 is 33.5 Å². The van der Waals surface area contributed by atoms with Crippen LogP contribution in [0.15, 0.2) is 0 Å². The Morgan fingerprint density at radius 3 is 2.05 bits per heavy atom. The third-order valence-electron chi connectivity index (χ3n) is 2.82. The summed E-state index contributed by atoms with van der Waals surface area (Å²) in [6, 6.07) is 0. The van der Waals surface area contributed by atoms with Crippen molar-refractivity contribution in [2.24, 2.45) is 5.92 Å². The van der Waals surface area contributed by atoms with Crippen LogP contribution >= 0.6 is 0 Å². The molecule has 118 valence electrons. The van der Waals surface area contributed by atoms with Gasteiger partial charge >= 0.3 is 118 Å². The molecule has 0 bridgehead atoms. The molecule has 0 fully saturated rings. The zero-order chi connectivity index (χ0) is 16.0. The van der Waals surface area contributed by atoms with Gasteiger partial charge in [-0.25, -0.2) is 0 Å². The number of aliphatic hydroxyl groups excluding tert-OH is 4. The van der Waals surface area contributed by atoms with Gasteiger partial charge in [-0.2, -0.15) is 0 Å². The van der Waals surface area contributed by atoms with Crippen LogP contribution in [0.1, 0.15) is 26.7 Å². The summed E-state index contributed by atoms with van der Waals surface area (Å²) in [6.07, 6.45) is -2.21. The molecule has 0 aromatic heterocycles. The summed E-state index contributed by atoms with van der Waals surface area (Å²) < 4.78 is 32.4. The van der Waals surface area contributed by atoms with Gasteiger partial charge in [0.05, 0.1) is 0 Å². The third kappa shape index (κ3) is 5.94. The van der Waals surface area contributed by atoms with E-state index in [0.717, 1.165) is 0 Å². The summed E-state index contributed by atoms with van der Waals surface area (Å²) in [6.45, 7) is 2.74. The Balaban J connectivity index is 4.78. The van der Waals surface area contributed by atoms with Crippen LogP contribution in [0.2, 0.25) is 0 Å². The fourth-order valence-electron chi connectivity index (χ4n) is 1.91. The Hall–Kier alpha value is -0.385. The second kappa shape index (κ2) is 8.15. The molecular formula is C10H22BNO7S. The van der Waals surface area contributed by atoms with E-state index < -0.39 is 46.5 Å². The molecule has 20 heavy (non-hydrogen) atoms. The van der Waals surface area contributed by atoms with Gasteiger partial charge < -0.3 is 0 Å². The number of nitrogens with one attached hydrogen (secondary N) is 1. The van der Waals surface area contributed by atoms with Crippen LogP contribution in [-0.4, -0.2) is 65.7 Å². The maximum atomic E-state index is 11.1. The fraction of sp³-hybridized carbons (Fsp3) is 1.00. The predicted octanol–water partition coefficient (Wildman–Crippen LogP) is -2.25. The van der Waals surface area contributed by atoms with Gasteiger partial charge in [-0.3, -0.25) is 0 Å². The van der Waals surface area contributed by atoms with E-state index in [1.54, 1.807) is 0 Å². The molecule has 8 nitrogen and oxygen atoms in total. The van der Waals surface area contributed by atoms with Crippen LogP contribution in [0, 0.1) is 5.92 Å².